The molecule has 0 aromatic heterocycles. The molecule has 0 radical (unpaired) electrons. The molecule has 124 valence electrons. The van der Waals surface area contributed by atoms with Crippen LogP contribution >= 0.6 is 0 Å². The smallest absolute Gasteiger partial charge is 0.133 e. The molecule has 0 atom stereocenters. The van der Waals surface area contributed by atoms with Crippen LogP contribution in [0.3, 0.4) is 0 Å². The Balaban J connectivity index is 3.35. The summed E-state index contributed by atoms with van der Waals surface area (Å²) in [7, 11) is 0. The summed E-state index contributed by atoms with van der Waals surface area (Å²) in [4.78, 5) is 23.3. The number of unbranched alkanes of at least 4 members (excludes halogenated alkanes) is 9. The minimum absolute atomic E-state index is 0.277. The van der Waals surface area contributed by atoms with Crippen molar-refractivity contribution in [2.75, 3.05) is 0 Å². The SMILES string of the molecule is CCCCCCCCCC(=O)CCC(=O)CCCCCC. The molecule has 0 unspecified atom stereocenters. The molecule has 0 fully saturated rings. The maximum atomic E-state index is 11.7. The van der Waals surface area contributed by atoms with Gasteiger partial charge in [0.25, 0.3) is 0 Å². The molecule has 0 aliphatic heterocycles. The summed E-state index contributed by atoms with van der Waals surface area (Å²) < 4.78 is 0. The van der Waals surface area contributed by atoms with Gasteiger partial charge in [-0.25, -0.2) is 0 Å². The largest absolute Gasteiger partial charge is 0.300 e. The van der Waals surface area contributed by atoms with E-state index in [9.17, 15) is 9.59 Å². The van der Waals surface area contributed by atoms with Crippen LogP contribution < -0.4 is 0 Å². The van der Waals surface area contributed by atoms with Gasteiger partial charge in [0.05, 0.1) is 0 Å². The topological polar surface area (TPSA) is 34.1 Å². The zero-order chi connectivity index (χ0) is 15.8. The molecule has 0 aromatic carbocycles. The van der Waals surface area contributed by atoms with E-state index >= 15 is 0 Å². The van der Waals surface area contributed by atoms with Crippen molar-refractivity contribution >= 4 is 11.6 Å². The lowest BCUT2D eigenvalue weighted by Gasteiger charge is -2.02. The van der Waals surface area contributed by atoms with Crippen molar-refractivity contribution in [1.29, 1.82) is 0 Å². The Morgan fingerprint density at radius 1 is 0.476 bits per heavy atom. The lowest BCUT2D eigenvalue weighted by molar-refractivity contribution is -0.124. The van der Waals surface area contributed by atoms with Gasteiger partial charge < -0.3 is 0 Å². The van der Waals surface area contributed by atoms with Crippen molar-refractivity contribution in [3.05, 3.63) is 0 Å². The fraction of sp³-hybridized carbons (Fsp3) is 0.895. The number of ketones is 2. The molecule has 0 amide bonds. The summed E-state index contributed by atoms with van der Waals surface area (Å²) in [6.07, 6.45) is 15.5. The molecule has 0 aromatic rings. The molecule has 21 heavy (non-hydrogen) atoms. The number of rotatable bonds is 16. The Kier molecular flexibility index (Phi) is 15.2. The van der Waals surface area contributed by atoms with Crippen molar-refractivity contribution in [2.24, 2.45) is 0 Å². The lowest BCUT2D eigenvalue weighted by Crippen LogP contribution is -2.04. The molecule has 0 saturated heterocycles. The van der Waals surface area contributed by atoms with Gasteiger partial charge in [0, 0.05) is 25.7 Å². The second-order valence-electron chi connectivity index (χ2n) is 6.26. The first kappa shape index (κ1) is 20.3. The van der Waals surface area contributed by atoms with Crippen molar-refractivity contribution in [2.45, 2.75) is 110 Å². The van der Waals surface area contributed by atoms with Crippen LogP contribution in [0.1, 0.15) is 110 Å². The number of carbonyl (C=O) groups excluding carboxylic acids is 2. The van der Waals surface area contributed by atoms with Gasteiger partial charge in [-0.15, -0.1) is 0 Å². The van der Waals surface area contributed by atoms with E-state index in [-0.39, 0.29) is 11.6 Å². The quantitative estimate of drug-likeness (QED) is 0.326. The van der Waals surface area contributed by atoms with Crippen LogP contribution in [0.2, 0.25) is 0 Å². The number of hydrogen-bond acceptors (Lipinski definition) is 2. The summed E-state index contributed by atoms with van der Waals surface area (Å²) in [5, 5.41) is 0. The number of carbonyl (C=O) groups is 2. The van der Waals surface area contributed by atoms with E-state index < -0.39 is 0 Å². The van der Waals surface area contributed by atoms with Gasteiger partial charge in [-0.1, -0.05) is 71.6 Å². The van der Waals surface area contributed by atoms with Crippen molar-refractivity contribution in [3.63, 3.8) is 0 Å². The second-order valence-corrected chi connectivity index (χ2v) is 6.26. The van der Waals surface area contributed by atoms with Crippen molar-refractivity contribution in [3.8, 4) is 0 Å². The first-order valence-corrected chi connectivity index (χ1v) is 9.24. The van der Waals surface area contributed by atoms with E-state index in [0.717, 1.165) is 19.3 Å². The number of Topliss-reactive ketones (excluding diaryl/α,β-unsaturated/α-hetero) is 2. The zero-order valence-corrected chi connectivity index (χ0v) is 14.4. The third-order valence-corrected chi connectivity index (χ3v) is 4.05. The third-order valence-electron chi connectivity index (χ3n) is 4.05. The lowest BCUT2D eigenvalue weighted by atomic mass is 10.0. The van der Waals surface area contributed by atoms with Gasteiger partial charge in [0.2, 0.25) is 0 Å². The molecular formula is C19H36O2. The summed E-state index contributed by atoms with van der Waals surface area (Å²) in [5.74, 6) is 0.560. The Bertz CT molecular complexity index is 258. The standard InChI is InChI=1S/C19H36O2/c1-3-5-7-9-10-11-13-15-19(21)17-16-18(20)14-12-8-6-4-2/h3-17H2,1-2H3. The number of hydrogen-bond donors (Lipinski definition) is 0. The van der Waals surface area contributed by atoms with Gasteiger partial charge in [0.1, 0.15) is 11.6 Å². The highest BCUT2D eigenvalue weighted by atomic mass is 16.1. The first-order chi connectivity index (χ1) is 10.2. The summed E-state index contributed by atoms with van der Waals surface area (Å²) in [6.45, 7) is 4.40. The fourth-order valence-corrected chi connectivity index (χ4v) is 2.56. The molecule has 0 heterocycles. The second kappa shape index (κ2) is 15.7. The normalized spacial score (nSPS) is 10.8. The van der Waals surface area contributed by atoms with Crippen LogP contribution in [0, 0.1) is 0 Å². The highest BCUT2D eigenvalue weighted by Gasteiger charge is 2.07. The van der Waals surface area contributed by atoms with Crippen LogP contribution in [0.25, 0.3) is 0 Å². The molecule has 0 N–H and O–H groups in total. The van der Waals surface area contributed by atoms with Gasteiger partial charge in [-0.2, -0.15) is 0 Å². The van der Waals surface area contributed by atoms with Crippen LogP contribution in [0.5, 0.6) is 0 Å². The molecule has 0 rings (SSSR count). The predicted molar refractivity (Wildman–Crippen MR) is 90.6 cm³/mol. The van der Waals surface area contributed by atoms with Crippen LogP contribution in [0.4, 0.5) is 0 Å². The third kappa shape index (κ3) is 15.5. The Labute approximate surface area is 132 Å². The average molecular weight is 296 g/mol. The molecule has 0 spiro atoms. The van der Waals surface area contributed by atoms with Crippen molar-refractivity contribution in [1.82, 2.24) is 0 Å². The van der Waals surface area contributed by atoms with E-state index in [4.69, 9.17) is 0 Å². The van der Waals surface area contributed by atoms with E-state index in [1.54, 1.807) is 0 Å². The minimum atomic E-state index is 0.277. The molecule has 0 saturated carbocycles. The van der Waals surface area contributed by atoms with Gasteiger partial charge in [-0.3, -0.25) is 9.59 Å². The Hall–Kier alpha value is -0.660. The zero-order valence-electron chi connectivity index (χ0n) is 14.4. The van der Waals surface area contributed by atoms with E-state index in [1.807, 2.05) is 0 Å². The van der Waals surface area contributed by atoms with E-state index in [2.05, 4.69) is 13.8 Å². The Morgan fingerprint density at radius 2 is 0.810 bits per heavy atom. The van der Waals surface area contributed by atoms with Crippen LogP contribution in [0.15, 0.2) is 0 Å². The Morgan fingerprint density at radius 3 is 1.24 bits per heavy atom. The first-order valence-electron chi connectivity index (χ1n) is 9.24. The van der Waals surface area contributed by atoms with E-state index in [1.165, 1.54) is 51.4 Å². The van der Waals surface area contributed by atoms with E-state index in [0.29, 0.717) is 25.7 Å². The van der Waals surface area contributed by atoms with Crippen molar-refractivity contribution < 1.29 is 9.59 Å². The minimum Gasteiger partial charge on any atom is -0.300 e. The summed E-state index contributed by atoms with van der Waals surface area (Å²) in [6, 6.07) is 0. The molecule has 0 aliphatic carbocycles. The maximum absolute atomic E-state index is 11.7. The van der Waals surface area contributed by atoms with Gasteiger partial charge in [0.15, 0.2) is 0 Å². The summed E-state index contributed by atoms with van der Waals surface area (Å²) in [5.41, 5.74) is 0. The highest BCUT2D eigenvalue weighted by molar-refractivity contribution is 5.85. The molecular weight excluding hydrogens is 260 g/mol. The van der Waals surface area contributed by atoms with Gasteiger partial charge in [-0.05, 0) is 12.8 Å². The summed E-state index contributed by atoms with van der Waals surface area (Å²) >= 11 is 0. The molecule has 2 nitrogen and oxygen atoms in total. The van der Waals surface area contributed by atoms with Crippen LogP contribution in [-0.2, 0) is 9.59 Å². The maximum Gasteiger partial charge on any atom is 0.133 e. The average Bonchev–Trinajstić information content (AvgIpc) is 2.48. The van der Waals surface area contributed by atoms with Crippen LogP contribution in [-0.4, -0.2) is 11.6 Å². The molecule has 0 aliphatic rings. The van der Waals surface area contributed by atoms with Gasteiger partial charge >= 0.3 is 0 Å². The predicted octanol–water partition coefficient (Wildman–Crippen LogP) is 6.02. The molecule has 0 bridgehead atoms. The molecule has 2 heteroatoms. The monoisotopic (exact) mass is 296 g/mol. The fourth-order valence-electron chi connectivity index (χ4n) is 2.56. The highest BCUT2D eigenvalue weighted by Crippen LogP contribution is 2.11.